The van der Waals surface area contributed by atoms with Gasteiger partial charge in [-0.2, -0.15) is 0 Å². The number of nitrogen functional groups attached to an aromatic ring is 1. The van der Waals surface area contributed by atoms with Crippen LogP contribution in [-0.2, 0) is 11.2 Å². The Labute approximate surface area is 155 Å². The van der Waals surface area contributed by atoms with Crippen molar-refractivity contribution < 1.29 is 9.59 Å². The van der Waals surface area contributed by atoms with Gasteiger partial charge in [0.1, 0.15) is 6.04 Å². The number of benzene rings is 3. The minimum atomic E-state index is -0.833. The molecule has 0 spiro atoms. The van der Waals surface area contributed by atoms with E-state index in [1.165, 1.54) is 6.07 Å². The molecule has 0 bridgehead atoms. The standard InChI is InChI=1S/C20H18ClN3O2/c21-16-11-15(7-8-17(16)22)20(26)24-18(19(23)25)10-12-5-6-13-3-1-2-4-14(13)9-12/h1-9,11,18H,10,22H2,(H2,23,25)(H,24,26)/t18-/m0/s1. The van der Waals surface area contributed by atoms with Gasteiger partial charge in [-0.3, -0.25) is 9.59 Å². The first-order valence-corrected chi connectivity index (χ1v) is 8.45. The summed E-state index contributed by atoms with van der Waals surface area (Å²) >= 11 is 5.95. The number of fused-ring (bicyclic) bond motifs is 1. The number of halogens is 1. The maximum Gasteiger partial charge on any atom is 0.251 e. The van der Waals surface area contributed by atoms with Crippen LogP contribution in [0.5, 0.6) is 0 Å². The summed E-state index contributed by atoms with van der Waals surface area (Å²) in [6.45, 7) is 0. The van der Waals surface area contributed by atoms with E-state index in [0.29, 0.717) is 17.7 Å². The predicted octanol–water partition coefficient (Wildman–Crippen LogP) is 2.90. The molecular formula is C20H18ClN3O2. The lowest BCUT2D eigenvalue weighted by atomic mass is 10.0. The Morgan fingerprint density at radius 1 is 1.00 bits per heavy atom. The fourth-order valence-corrected chi connectivity index (χ4v) is 2.91. The number of carbonyl (C=O) groups is 2. The molecule has 2 amide bonds. The van der Waals surface area contributed by atoms with Crippen molar-refractivity contribution in [2.75, 3.05) is 5.73 Å². The van der Waals surface area contributed by atoms with Crippen molar-refractivity contribution in [3.05, 3.63) is 76.8 Å². The van der Waals surface area contributed by atoms with E-state index in [0.717, 1.165) is 16.3 Å². The van der Waals surface area contributed by atoms with Gasteiger partial charge in [-0.05, 0) is 34.5 Å². The van der Waals surface area contributed by atoms with Crippen LogP contribution in [0.1, 0.15) is 15.9 Å². The highest BCUT2D eigenvalue weighted by atomic mass is 35.5. The summed E-state index contributed by atoms with van der Waals surface area (Å²) in [6.07, 6.45) is 0.300. The molecule has 1 atom stereocenters. The zero-order valence-corrected chi connectivity index (χ0v) is 14.7. The second-order valence-corrected chi connectivity index (χ2v) is 6.46. The molecule has 5 nitrogen and oxygen atoms in total. The normalized spacial score (nSPS) is 11.9. The third kappa shape index (κ3) is 3.95. The zero-order valence-electron chi connectivity index (χ0n) is 13.9. The second-order valence-electron chi connectivity index (χ2n) is 6.05. The van der Waals surface area contributed by atoms with Gasteiger partial charge in [-0.25, -0.2) is 0 Å². The molecule has 3 aromatic rings. The highest BCUT2D eigenvalue weighted by Gasteiger charge is 2.20. The smallest absolute Gasteiger partial charge is 0.251 e. The van der Waals surface area contributed by atoms with Gasteiger partial charge in [0, 0.05) is 12.0 Å². The van der Waals surface area contributed by atoms with Crippen LogP contribution in [0.3, 0.4) is 0 Å². The zero-order chi connectivity index (χ0) is 18.7. The van der Waals surface area contributed by atoms with Crippen LogP contribution in [0.4, 0.5) is 5.69 Å². The van der Waals surface area contributed by atoms with E-state index in [9.17, 15) is 9.59 Å². The van der Waals surface area contributed by atoms with Gasteiger partial charge in [0.2, 0.25) is 5.91 Å². The molecular weight excluding hydrogens is 350 g/mol. The average Bonchev–Trinajstić information content (AvgIpc) is 2.63. The number of nitrogens with one attached hydrogen (secondary N) is 1. The van der Waals surface area contributed by atoms with E-state index < -0.39 is 17.9 Å². The Kier molecular flexibility index (Phi) is 5.09. The Morgan fingerprint density at radius 2 is 1.73 bits per heavy atom. The lowest BCUT2D eigenvalue weighted by Crippen LogP contribution is -2.45. The van der Waals surface area contributed by atoms with E-state index >= 15 is 0 Å². The van der Waals surface area contributed by atoms with Crippen molar-refractivity contribution in [3.63, 3.8) is 0 Å². The van der Waals surface area contributed by atoms with Crippen LogP contribution < -0.4 is 16.8 Å². The first-order valence-electron chi connectivity index (χ1n) is 8.07. The molecule has 3 rings (SSSR count). The first kappa shape index (κ1) is 17.8. The topological polar surface area (TPSA) is 98.2 Å². The van der Waals surface area contributed by atoms with Crippen LogP contribution in [0.25, 0.3) is 10.8 Å². The summed E-state index contributed by atoms with van der Waals surface area (Å²) < 4.78 is 0. The molecule has 132 valence electrons. The van der Waals surface area contributed by atoms with Crippen LogP contribution in [0.15, 0.2) is 60.7 Å². The van der Waals surface area contributed by atoms with Crippen LogP contribution in [0, 0.1) is 0 Å². The highest BCUT2D eigenvalue weighted by Crippen LogP contribution is 2.20. The molecule has 0 aliphatic heterocycles. The van der Waals surface area contributed by atoms with Gasteiger partial charge in [0.25, 0.3) is 5.91 Å². The molecule has 0 aliphatic rings. The van der Waals surface area contributed by atoms with Gasteiger partial charge in [-0.15, -0.1) is 0 Å². The Balaban J connectivity index is 1.78. The molecule has 0 fully saturated rings. The fraction of sp³-hybridized carbons (Fsp3) is 0.100. The van der Waals surface area contributed by atoms with E-state index in [-0.39, 0.29) is 5.02 Å². The minimum Gasteiger partial charge on any atom is -0.398 e. The third-order valence-electron chi connectivity index (χ3n) is 4.17. The molecule has 3 aromatic carbocycles. The Morgan fingerprint density at radius 3 is 2.42 bits per heavy atom. The quantitative estimate of drug-likeness (QED) is 0.604. The molecule has 0 unspecified atom stereocenters. The predicted molar refractivity (Wildman–Crippen MR) is 104 cm³/mol. The summed E-state index contributed by atoms with van der Waals surface area (Å²) in [5.74, 6) is -1.04. The van der Waals surface area contributed by atoms with Crippen LogP contribution in [-0.4, -0.2) is 17.9 Å². The number of hydrogen-bond donors (Lipinski definition) is 3. The van der Waals surface area contributed by atoms with E-state index in [1.807, 2.05) is 42.5 Å². The van der Waals surface area contributed by atoms with E-state index in [1.54, 1.807) is 12.1 Å². The maximum absolute atomic E-state index is 12.4. The molecule has 6 heteroatoms. The van der Waals surface area contributed by atoms with Gasteiger partial charge in [0.05, 0.1) is 10.7 Å². The lowest BCUT2D eigenvalue weighted by molar-refractivity contribution is -0.119. The molecule has 26 heavy (non-hydrogen) atoms. The Bertz CT molecular complexity index is 988. The molecule has 0 aromatic heterocycles. The third-order valence-corrected chi connectivity index (χ3v) is 4.49. The van der Waals surface area contributed by atoms with Crippen molar-refractivity contribution in [1.82, 2.24) is 5.32 Å². The summed E-state index contributed by atoms with van der Waals surface area (Å²) in [4.78, 5) is 24.2. The van der Waals surface area contributed by atoms with E-state index in [4.69, 9.17) is 23.1 Å². The minimum absolute atomic E-state index is 0.280. The van der Waals surface area contributed by atoms with E-state index in [2.05, 4.69) is 5.32 Å². The molecule has 0 aliphatic carbocycles. The van der Waals surface area contributed by atoms with Crippen molar-refractivity contribution >= 4 is 39.9 Å². The van der Waals surface area contributed by atoms with Crippen LogP contribution in [0.2, 0.25) is 5.02 Å². The van der Waals surface area contributed by atoms with Crippen molar-refractivity contribution in [3.8, 4) is 0 Å². The Hall–Kier alpha value is -3.05. The fourth-order valence-electron chi connectivity index (χ4n) is 2.73. The van der Waals surface area contributed by atoms with Crippen molar-refractivity contribution in [2.24, 2.45) is 5.73 Å². The van der Waals surface area contributed by atoms with Crippen molar-refractivity contribution in [1.29, 1.82) is 0 Å². The summed E-state index contributed by atoms with van der Waals surface area (Å²) in [7, 11) is 0. The summed E-state index contributed by atoms with van der Waals surface area (Å²) in [5, 5.41) is 5.11. The SMILES string of the molecule is NC(=O)[C@H](Cc1ccc2ccccc2c1)NC(=O)c1ccc(N)c(Cl)c1. The first-order chi connectivity index (χ1) is 12.4. The summed E-state index contributed by atoms with van der Waals surface area (Å²) in [5.41, 5.74) is 12.7. The van der Waals surface area contributed by atoms with Gasteiger partial charge in [-0.1, -0.05) is 54.1 Å². The molecule has 0 heterocycles. The van der Waals surface area contributed by atoms with Gasteiger partial charge >= 0.3 is 0 Å². The molecule has 5 N–H and O–H groups in total. The molecule has 0 saturated heterocycles. The lowest BCUT2D eigenvalue weighted by Gasteiger charge is -2.16. The number of rotatable bonds is 5. The number of carbonyl (C=O) groups excluding carboxylic acids is 2. The van der Waals surface area contributed by atoms with Gasteiger partial charge in [0.15, 0.2) is 0 Å². The van der Waals surface area contributed by atoms with Crippen LogP contribution >= 0.6 is 11.6 Å². The number of primary amides is 1. The molecule has 0 saturated carbocycles. The number of hydrogen-bond acceptors (Lipinski definition) is 3. The summed E-state index contributed by atoms with van der Waals surface area (Å²) in [6, 6.07) is 17.5. The number of anilines is 1. The highest BCUT2D eigenvalue weighted by molar-refractivity contribution is 6.33. The molecule has 0 radical (unpaired) electrons. The van der Waals surface area contributed by atoms with Gasteiger partial charge < -0.3 is 16.8 Å². The average molecular weight is 368 g/mol. The second kappa shape index (κ2) is 7.45. The monoisotopic (exact) mass is 367 g/mol. The number of amides is 2. The number of nitrogens with two attached hydrogens (primary N) is 2. The van der Waals surface area contributed by atoms with Crippen molar-refractivity contribution in [2.45, 2.75) is 12.5 Å². The largest absolute Gasteiger partial charge is 0.398 e. The maximum atomic E-state index is 12.4.